The van der Waals surface area contributed by atoms with Crippen molar-refractivity contribution < 1.29 is 13.3 Å². The summed E-state index contributed by atoms with van der Waals surface area (Å²) in [5.74, 6) is 0. The molecule has 3 rings (SSSR count). The Morgan fingerprint density at radius 3 is 1.14 bits per heavy atom. The first-order valence-corrected chi connectivity index (χ1v) is 11.8. The molecule has 0 fully saturated rings. The van der Waals surface area contributed by atoms with Gasteiger partial charge in [-0.1, -0.05) is 104 Å². The maximum Gasteiger partial charge on any atom is 0.501 e. The van der Waals surface area contributed by atoms with E-state index in [9.17, 15) is 0 Å². The van der Waals surface area contributed by atoms with Gasteiger partial charge in [0.25, 0.3) is 0 Å². The predicted octanol–water partition coefficient (Wildman–Crippen LogP) is 5.99. The van der Waals surface area contributed by atoms with Gasteiger partial charge >= 0.3 is 8.80 Å². The van der Waals surface area contributed by atoms with Crippen LogP contribution in [0.4, 0.5) is 0 Å². The summed E-state index contributed by atoms with van der Waals surface area (Å²) >= 11 is 0. The fourth-order valence-corrected chi connectivity index (χ4v) is 5.41. The Balaban J connectivity index is 1.73. The van der Waals surface area contributed by atoms with Crippen molar-refractivity contribution in [2.24, 2.45) is 0 Å². The topological polar surface area (TPSA) is 27.7 Å². The van der Waals surface area contributed by atoms with Crippen molar-refractivity contribution in [3.8, 4) is 0 Å². The molecule has 0 saturated heterocycles. The zero-order chi connectivity index (χ0) is 19.5. The van der Waals surface area contributed by atoms with Crippen LogP contribution in [0.15, 0.2) is 91.0 Å². The van der Waals surface area contributed by atoms with Crippen molar-refractivity contribution in [1.82, 2.24) is 0 Å². The largest absolute Gasteiger partial charge is 0.501 e. The maximum atomic E-state index is 6.39. The van der Waals surface area contributed by atoms with Gasteiger partial charge in [0.1, 0.15) is 0 Å². The Bertz CT molecular complexity index is 688. The van der Waals surface area contributed by atoms with Gasteiger partial charge < -0.3 is 13.3 Å². The summed E-state index contributed by atoms with van der Waals surface area (Å²) in [5.41, 5.74) is 3.38. The van der Waals surface area contributed by atoms with E-state index in [4.69, 9.17) is 13.3 Å². The Morgan fingerprint density at radius 1 is 0.536 bits per heavy atom. The molecule has 0 unspecified atom stereocenters. The van der Waals surface area contributed by atoms with E-state index >= 15 is 0 Å². The average molecular weight is 393 g/mol. The van der Waals surface area contributed by atoms with Crippen LogP contribution in [0.1, 0.15) is 30.0 Å². The lowest BCUT2D eigenvalue weighted by Crippen LogP contribution is -2.45. The zero-order valence-corrected chi connectivity index (χ0v) is 17.4. The summed E-state index contributed by atoms with van der Waals surface area (Å²) in [5, 5.41) is 0. The highest BCUT2D eigenvalue weighted by atomic mass is 28.4. The van der Waals surface area contributed by atoms with E-state index in [0.717, 1.165) is 29.2 Å². The van der Waals surface area contributed by atoms with Crippen LogP contribution >= 0.6 is 0 Å². The second kappa shape index (κ2) is 10.9. The van der Waals surface area contributed by atoms with Crippen LogP contribution in [0.5, 0.6) is 0 Å². The van der Waals surface area contributed by atoms with Crippen LogP contribution in [0, 0.1) is 0 Å². The van der Waals surface area contributed by atoms with Crippen molar-refractivity contribution in [2.45, 2.75) is 39.2 Å². The summed E-state index contributed by atoms with van der Waals surface area (Å²) < 4.78 is 19.2. The summed E-state index contributed by atoms with van der Waals surface area (Å²) in [6, 6.07) is 31.4. The third kappa shape index (κ3) is 6.43. The van der Waals surface area contributed by atoms with Crippen molar-refractivity contribution in [1.29, 1.82) is 0 Å². The van der Waals surface area contributed by atoms with Crippen LogP contribution < -0.4 is 0 Å². The van der Waals surface area contributed by atoms with Gasteiger partial charge in [-0.15, -0.1) is 0 Å². The van der Waals surface area contributed by atoms with Gasteiger partial charge in [0.15, 0.2) is 0 Å². The fourth-order valence-electron chi connectivity index (χ4n) is 2.95. The summed E-state index contributed by atoms with van der Waals surface area (Å²) in [6.45, 7) is 3.63. The molecule has 28 heavy (non-hydrogen) atoms. The van der Waals surface area contributed by atoms with Gasteiger partial charge in [0.2, 0.25) is 0 Å². The lowest BCUT2D eigenvalue weighted by molar-refractivity contribution is 0.0426. The highest BCUT2D eigenvalue weighted by Crippen LogP contribution is 2.23. The molecular formula is C24H28O3Si. The Kier molecular flexibility index (Phi) is 8.00. The normalized spacial score (nSPS) is 11.5. The zero-order valence-electron chi connectivity index (χ0n) is 16.4. The Hall–Kier alpha value is -2.24. The van der Waals surface area contributed by atoms with Gasteiger partial charge in [-0.25, -0.2) is 0 Å². The number of rotatable bonds is 11. The molecule has 0 atom stereocenters. The Morgan fingerprint density at radius 2 is 0.857 bits per heavy atom. The standard InChI is InChI=1S/C24H28O3Si/c1-2-18-28(25-19-22-12-6-3-7-13-22,26-20-23-14-8-4-9-15-23)27-21-24-16-10-5-11-17-24/h3-17H,2,18-21H2,1H3. The van der Waals surface area contributed by atoms with E-state index in [-0.39, 0.29) is 0 Å². The summed E-state index contributed by atoms with van der Waals surface area (Å²) in [4.78, 5) is 0. The molecule has 0 bridgehead atoms. The lowest BCUT2D eigenvalue weighted by atomic mass is 10.2. The molecule has 0 spiro atoms. The molecule has 3 aromatic carbocycles. The molecule has 3 aromatic rings. The van der Waals surface area contributed by atoms with E-state index in [1.807, 2.05) is 54.6 Å². The second-order valence-electron chi connectivity index (χ2n) is 6.76. The number of hydrogen-bond donors (Lipinski definition) is 0. The van der Waals surface area contributed by atoms with Crippen molar-refractivity contribution in [2.75, 3.05) is 0 Å². The minimum absolute atomic E-state index is 0.497. The minimum atomic E-state index is -2.84. The van der Waals surface area contributed by atoms with Crippen molar-refractivity contribution in [3.63, 3.8) is 0 Å². The van der Waals surface area contributed by atoms with Crippen LogP contribution in [-0.2, 0) is 33.1 Å². The lowest BCUT2D eigenvalue weighted by Gasteiger charge is -2.30. The van der Waals surface area contributed by atoms with Crippen molar-refractivity contribution >= 4 is 8.80 Å². The molecular weight excluding hydrogens is 364 g/mol. The molecule has 4 heteroatoms. The molecule has 0 aliphatic heterocycles. The quantitative estimate of drug-likeness (QED) is 0.375. The third-order valence-corrected chi connectivity index (χ3v) is 7.33. The van der Waals surface area contributed by atoms with E-state index in [2.05, 4.69) is 43.3 Å². The van der Waals surface area contributed by atoms with E-state index in [1.54, 1.807) is 0 Å². The average Bonchev–Trinajstić information content (AvgIpc) is 2.77. The molecule has 0 heterocycles. The van der Waals surface area contributed by atoms with E-state index in [1.165, 1.54) is 0 Å². The molecule has 0 N–H and O–H groups in total. The van der Waals surface area contributed by atoms with Crippen LogP contribution in [0.3, 0.4) is 0 Å². The molecule has 3 nitrogen and oxygen atoms in total. The van der Waals surface area contributed by atoms with E-state index < -0.39 is 8.80 Å². The number of benzene rings is 3. The highest BCUT2D eigenvalue weighted by Gasteiger charge is 2.40. The summed E-state index contributed by atoms with van der Waals surface area (Å²) in [7, 11) is -2.84. The predicted molar refractivity (Wildman–Crippen MR) is 115 cm³/mol. The minimum Gasteiger partial charge on any atom is -0.369 e. The smallest absolute Gasteiger partial charge is 0.369 e. The van der Waals surface area contributed by atoms with Gasteiger partial charge in [-0.3, -0.25) is 0 Å². The first-order chi connectivity index (χ1) is 13.8. The van der Waals surface area contributed by atoms with E-state index in [0.29, 0.717) is 19.8 Å². The SMILES string of the molecule is CCC[Si](OCc1ccccc1)(OCc1ccccc1)OCc1ccccc1. The highest BCUT2D eigenvalue weighted by molar-refractivity contribution is 6.60. The van der Waals surface area contributed by atoms with Gasteiger partial charge in [-0.2, -0.15) is 0 Å². The first-order valence-electron chi connectivity index (χ1n) is 9.83. The molecule has 0 aliphatic rings. The first kappa shape index (κ1) is 20.5. The van der Waals surface area contributed by atoms with Gasteiger partial charge in [0, 0.05) is 6.04 Å². The molecule has 146 valence electrons. The van der Waals surface area contributed by atoms with Crippen molar-refractivity contribution in [3.05, 3.63) is 108 Å². The molecule has 0 aromatic heterocycles. The van der Waals surface area contributed by atoms with Crippen LogP contribution in [-0.4, -0.2) is 8.80 Å². The van der Waals surface area contributed by atoms with Gasteiger partial charge in [-0.05, 0) is 16.7 Å². The second-order valence-corrected chi connectivity index (χ2v) is 9.49. The molecule has 0 aliphatic carbocycles. The molecule has 0 amide bonds. The maximum absolute atomic E-state index is 6.39. The molecule has 0 radical (unpaired) electrons. The number of hydrogen-bond acceptors (Lipinski definition) is 3. The van der Waals surface area contributed by atoms with Crippen LogP contribution in [0.2, 0.25) is 6.04 Å². The summed E-state index contributed by atoms with van der Waals surface area (Å²) in [6.07, 6.45) is 0.949. The van der Waals surface area contributed by atoms with Crippen LogP contribution in [0.25, 0.3) is 0 Å². The fraction of sp³-hybridized carbons (Fsp3) is 0.250. The Labute approximate surface area is 169 Å². The monoisotopic (exact) mass is 392 g/mol. The molecule has 0 saturated carbocycles. The van der Waals surface area contributed by atoms with Gasteiger partial charge in [0.05, 0.1) is 19.8 Å². The third-order valence-electron chi connectivity index (χ3n) is 4.46.